The van der Waals surface area contributed by atoms with Gasteiger partial charge in [0.2, 0.25) is 11.7 Å². The Bertz CT molecular complexity index is 1400. The summed E-state index contributed by atoms with van der Waals surface area (Å²) in [4.78, 5) is 40.7. The third-order valence-corrected chi connectivity index (χ3v) is 5.55. The summed E-state index contributed by atoms with van der Waals surface area (Å²) >= 11 is 0.849. The summed E-state index contributed by atoms with van der Waals surface area (Å²) < 4.78 is 11.4. The number of nitrogens with zero attached hydrogens (tertiary/aromatic N) is 1. The average molecular weight is 430 g/mol. The van der Waals surface area contributed by atoms with Crippen molar-refractivity contribution in [1.29, 1.82) is 0 Å². The fourth-order valence-electron chi connectivity index (χ4n) is 3.26. The minimum Gasteiger partial charge on any atom is -0.453 e. The summed E-state index contributed by atoms with van der Waals surface area (Å²) in [7, 11) is 0. The molecular formula is C23H14N2O5S. The molecule has 3 heterocycles. The van der Waals surface area contributed by atoms with Crippen LogP contribution < -0.4 is 5.32 Å². The molecule has 1 fully saturated rings. The van der Waals surface area contributed by atoms with Crippen LogP contribution in [0.2, 0.25) is 0 Å². The summed E-state index contributed by atoms with van der Waals surface area (Å²) in [6.45, 7) is 1.69. The number of carbonyl (C=O) groups is 3. The van der Waals surface area contributed by atoms with Crippen LogP contribution in [0.1, 0.15) is 27.6 Å². The van der Waals surface area contributed by atoms with Crippen molar-refractivity contribution < 1.29 is 23.2 Å². The zero-order valence-corrected chi connectivity index (χ0v) is 17.0. The molecule has 4 aromatic rings. The largest absolute Gasteiger partial charge is 0.453 e. The highest BCUT2D eigenvalue weighted by molar-refractivity contribution is 8.18. The topological polar surface area (TPSA) is 102 Å². The van der Waals surface area contributed by atoms with E-state index in [4.69, 9.17) is 8.83 Å². The maximum absolute atomic E-state index is 13.0. The predicted octanol–water partition coefficient (Wildman–Crippen LogP) is 4.95. The number of fused-ring (bicyclic) bond motifs is 1. The molecule has 1 saturated heterocycles. The highest BCUT2D eigenvalue weighted by Crippen LogP contribution is 2.29. The first-order valence-electron chi connectivity index (χ1n) is 9.34. The first-order valence-corrected chi connectivity index (χ1v) is 10.2. The van der Waals surface area contributed by atoms with E-state index in [1.54, 1.807) is 37.3 Å². The van der Waals surface area contributed by atoms with Crippen molar-refractivity contribution >= 4 is 45.7 Å². The van der Waals surface area contributed by atoms with Gasteiger partial charge in [-0.05, 0) is 60.7 Å². The van der Waals surface area contributed by atoms with Crippen LogP contribution in [0.25, 0.3) is 28.5 Å². The lowest BCUT2D eigenvalue weighted by molar-refractivity contribution is -0.115. The number of oxazole rings is 1. The van der Waals surface area contributed by atoms with Gasteiger partial charge in [0.25, 0.3) is 11.1 Å². The molecule has 8 heteroatoms. The molecule has 152 valence electrons. The lowest BCUT2D eigenvalue weighted by Crippen LogP contribution is -2.17. The molecule has 5 rings (SSSR count). The molecule has 0 aliphatic carbocycles. The maximum Gasteiger partial charge on any atom is 0.290 e. The number of rotatable bonds is 4. The molecule has 2 aromatic carbocycles. The van der Waals surface area contributed by atoms with Crippen molar-refractivity contribution in [2.24, 2.45) is 0 Å². The van der Waals surface area contributed by atoms with Crippen LogP contribution in [0, 0.1) is 6.92 Å². The minimum absolute atomic E-state index is 0.138. The zero-order chi connectivity index (χ0) is 21.5. The predicted molar refractivity (Wildman–Crippen MR) is 115 cm³/mol. The number of furan rings is 1. The second-order valence-corrected chi connectivity index (χ2v) is 7.89. The van der Waals surface area contributed by atoms with Crippen molar-refractivity contribution in [2.45, 2.75) is 6.92 Å². The Labute approximate surface area is 180 Å². The lowest BCUT2D eigenvalue weighted by Gasteiger charge is -1.95. The van der Waals surface area contributed by atoms with Crippen molar-refractivity contribution in [1.82, 2.24) is 10.3 Å². The summed E-state index contributed by atoms with van der Waals surface area (Å²) in [6, 6.07) is 16.2. The number of hydrogen-bond acceptors (Lipinski definition) is 7. The van der Waals surface area contributed by atoms with Gasteiger partial charge in [0.05, 0.1) is 4.91 Å². The number of ketones is 1. The van der Waals surface area contributed by atoms with Crippen LogP contribution in [-0.2, 0) is 4.79 Å². The van der Waals surface area contributed by atoms with E-state index in [0.717, 1.165) is 17.3 Å². The van der Waals surface area contributed by atoms with Gasteiger partial charge >= 0.3 is 0 Å². The summed E-state index contributed by atoms with van der Waals surface area (Å²) in [5, 5.41) is 2.51. The van der Waals surface area contributed by atoms with Gasteiger partial charge in [0, 0.05) is 10.9 Å². The lowest BCUT2D eigenvalue weighted by atomic mass is 10.1. The Hall–Kier alpha value is -3.91. The van der Waals surface area contributed by atoms with Crippen molar-refractivity contribution in [2.75, 3.05) is 0 Å². The molecule has 1 aliphatic rings. The molecule has 0 bridgehead atoms. The zero-order valence-electron chi connectivity index (χ0n) is 16.2. The van der Waals surface area contributed by atoms with Crippen LogP contribution in [0.5, 0.6) is 0 Å². The van der Waals surface area contributed by atoms with Crippen molar-refractivity contribution in [3.8, 4) is 11.5 Å². The Kier molecular flexibility index (Phi) is 4.56. The van der Waals surface area contributed by atoms with Crippen LogP contribution >= 0.6 is 11.8 Å². The number of benzene rings is 2. The van der Waals surface area contributed by atoms with Crippen molar-refractivity contribution in [3.05, 3.63) is 82.3 Å². The number of aromatic nitrogens is 1. The van der Waals surface area contributed by atoms with E-state index in [-0.39, 0.29) is 17.2 Å². The number of nitrogens with one attached hydrogen (secondary N) is 1. The number of thioether (sulfide) groups is 1. The monoisotopic (exact) mass is 430 g/mol. The third kappa shape index (κ3) is 3.57. The third-order valence-electron chi connectivity index (χ3n) is 4.74. The molecule has 1 aliphatic heterocycles. The fourth-order valence-corrected chi connectivity index (χ4v) is 3.95. The van der Waals surface area contributed by atoms with Gasteiger partial charge in [-0.2, -0.15) is 0 Å². The Morgan fingerprint density at radius 3 is 2.61 bits per heavy atom. The van der Waals surface area contributed by atoms with E-state index in [9.17, 15) is 14.4 Å². The molecule has 7 nitrogen and oxygen atoms in total. The van der Waals surface area contributed by atoms with E-state index < -0.39 is 11.1 Å². The Morgan fingerprint density at radius 2 is 1.87 bits per heavy atom. The summed E-state index contributed by atoms with van der Waals surface area (Å²) in [5.41, 5.74) is 2.20. The first kappa shape index (κ1) is 19.1. The molecule has 2 amide bonds. The van der Waals surface area contributed by atoms with Crippen LogP contribution in [0.15, 0.2) is 68.3 Å². The maximum atomic E-state index is 13.0. The number of aryl methyl sites for hydroxylation is 1. The van der Waals surface area contributed by atoms with E-state index in [0.29, 0.717) is 33.1 Å². The van der Waals surface area contributed by atoms with Gasteiger partial charge in [0.15, 0.2) is 11.5 Å². The number of carbonyl (C=O) groups excluding carboxylic acids is 3. The van der Waals surface area contributed by atoms with Gasteiger partial charge in [-0.15, -0.1) is 0 Å². The SMILES string of the molecule is Cc1oc(-c2ccccc2)nc1C(=O)c1cc2cc(/C=C3\SC(=O)NC3=O)ccc2o1. The molecule has 31 heavy (non-hydrogen) atoms. The standard InChI is InChI=1S/C23H14N2O5S/c1-12-19(24-22(29-12)14-5-3-2-4-6-14)20(26)17-11-15-9-13(7-8-16(15)30-17)10-18-21(27)25-23(28)31-18/h2-11H,1H3,(H,25,27,28)/b18-10-. The molecule has 0 radical (unpaired) electrons. The van der Waals surface area contributed by atoms with Crippen LogP contribution in [-0.4, -0.2) is 21.9 Å². The highest BCUT2D eigenvalue weighted by Gasteiger charge is 2.25. The number of hydrogen-bond donors (Lipinski definition) is 1. The van der Waals surface area contributed by atoms with Crippen LogP contribution in [0.4, 0.5) is 4.79 Å². The fraction of sp³-hybridized carbons (Fsp3) is 0.0435. The molecule has 0 saturated carbocycles. The van der Waals surface area contributed by atoms with Gasteiger partial charge in [-0.25, -0.2) is 4.98 Å². The van der Waals surface area contributed by atoms with Crippen molar-refractivity contribution in [3.63, 3.8) is 0 Å². The summed E-state index contributed by atoms with van der Waals surface area (Å²) in [6.07, 6.45) is 1.62. The minimum atomic E-state index is -0.422. The van der Waals surface area contributed by atoms with Gasteiger partial charge in [0.1, 0.15) is 11.3 Å². The molecule has 0 unspecified atom stereocenters. The molecule has 2 aromatic heterocycles. The molecule has 0 atom stereocenters. The quantitative estimate of drug-likeness (QED) is 0.361. The van der Waals surface area contributed by atoms with Gasteiger partial charge in [-0.1, -0.05) is 24.3 Å². The van der Waals surface area contributed by atoms with E-state index in [2.05, 4.69) is 10.3 Å². The number of amides is 2. The van der Waals surface area contributed by atoms with E-state index in [1.807, 2.05) is 30.3 Å². The Morgan fingerprint density at radius 1 is 1.06 bits per heavy atom. The molecular weight excluding hydrogens is 416 g/mol. The van der Waals surface area contributed by atoms with Gasteiger partial charge in [-0.3, -0.25) is 19.7 Å². The average Bonchev–Trinajstić information content (AvgIpc) is 3.44. The second kappa shape index (κ2) is 7.41. The molecule has 1 N–H and O–H groups in total. The van der Waals surface area contributed by atoms with E-state index >= 15 is 0 Å². The number of imide groups is 1. The normalized spacial score (nSPS) is 15.1. The summed E-state index contributed by atoms with van der Waals surface area (Å²) in [5.74, 6) is 0.112. The van der Waals surface area contributed by atoms with Gasteiger partial charge < -0.3 is 8.83 Å². The highest BCUT2D eigenvalue weighted by atomic mass is 32.2. The second-order valence-electron chi connectivity index (χ2n) is 6.88. The van der Waals surface area contributed by atoms with E-state index in [1.165, 1.54) is 0 Å². The smallest absolute Gasteiger partial charge is 0.290 e. The Balaban J connectivity index is 1.46. The molecule has 0 spiro atoms. The van der Waals surface area contributed by atoms with Crippen LogP contribution in [0.3, 0.4) is 0 Å². The first-order chi connectivity index (χ1) is 15.0.